The molecule has 1 fully saturated rings. The number of nitrogens with zero attached hydrogens (tertiary/aromatic N) is 2. The number of imidazole rings is 1. The van der Waals surface area contributed by atoms with Crippen LogP contribution < -0.4 is 0 Å². The van der Waals surface area contributed by atoms with E-state index in [2.05, 4.69) is 4.98 Å². The molecule has 2 atom stereocenters. The maximum atomic E-state index is 6.73. The normalized spacial score (nSPS) is 17.6. The first-order chi connectivity index (χ1) is 12.6. The molecule has 0 spiro atoms. The van der Waals surface area contributed by atoms with Crippen LogP contribution in [0.4, 0.5) is 0 Å². The molecule has 3 rings (SSSR count). The minimum Gasteiger partial charge on any atom is -0.478 e. The van der Waals surface area contributed by atoms with E-state index in [0.29, 0.717) is 21.9 Å². The zero-order chi connectivity index (χ0) is 18.4. The highest BCUT2D eigenvalue weighted by molar-refractivity contribution is 8.22. The van der Waals surface area contributed by atoms with E-state index in [-0.39, 0.29) is 10.8 Å². The fraction of sp³-hybridized carbons (Fsp3) is 0.474. The zero-order valence-electron chi connectivity index (χ0n) is 14.4. The largest absolute Gasteiger partial charge is 0.478 e. The van der Waals surface area contributed by atoms with E-state index in [1.807, 2.05) is 35.0 Å². The van der Waals surface area contributed by atoms with Gasteiger partial charge in [0.2, 0.25) is 4.38 Å². The third-order valence-electron chi connectivity index (χ3n) is 4.64. The fourth-order valence-corrected chi connectivity index (χ4v) is 4.99. The Morgan fingerprint density at radius 2 is 2.00 bits per heavy atom. The second kappa shape index (κ2) is 9.98. The van der Waals surface area contributed by atoms with Gasteiger partial charge in [-0.25, -0.2) is 4.98 Å². The third kappa shape index (κ3) is 5.62. The van der Waals surface area contributed by atoms with Crippen LogP contribution in [0.25, 0.3) is 0 Å². The number of rotatable bonds is 6. The van der Waals surface area contributed by atoms with Gasteiger partial charge in [-0.15, -0.1) is 0 Å². The maximum absolute atomic E-state index is 6.73. The molecular weight excluding hydrogens is 407 g/mol. The highest BCUT2D eigenvalue weighted by Gasteiger charge is 2.26. The molecule has 26 heavy (non-hydrogen) atoms. The standard InChI is InChI=1S/C19H22Cl2N2OS2/c20-16-8-6-15(7-9-16)17(18(21)23-11-10-22-13-23)26-19(25)24-12-14-4-2-1-3-5-14/h6-11,13-14,17-18H,1-5,12H2. The summed E-state index contributed by atoms with van der Waals surface area (Å²) in [6.45, 7) is 0.706. The van der Waals surface area contributed by atoms with Crippen LogP contribution in [0.15, 0.2) is 43.0 Å². The lowest BCUT2D eigenvalue weighted by Gasteiger charge is -2.25. The summed E-state index contributed by atoms with van der Waals surface area (Å²) in [4.78, 5) is 4.09. The average Bonchev–Trinajstić information content (AvgIpc) is 3.20. The lowest BCUT2D eigenvalue weighted by molar-refractivity contribution is 0.208. The van der Waals surface area contributed by atoms with Crippen LogP contribution in [0.1, 0.15) is 48.4 Å². The van der Waals surface area contributed by atoms with Gasteiger partial charge < -0.3 is 9.30 Å². The summed E-state index contributed by atoms with van der Waals surface area (Å²) < 4.78 is 8.32. The van der Waals surface area contributed by atoms with Crippen molar-refractivity contribution in [1.29, 1.82) is 0 Å². The Morgan fingerprint density at radius 1 is 1.27 bits per heavy atom. The lowest BCUT2D eigenvalue weighted by atomic mass is 9.90. The van der Waals surface area contributed by atoms with Crippen molar-refractivity contribution in [1.82, 2.24) is 9.55 Å². The number of alkyl halides is 1. The number of halogens is 2. The first kappa shape index (κ1) is 20.0. The van der Waals surface area contributed by atoms with E-state index in [9.17, 15) is 0 Å². The first-order valence-electron chi connectivity index (χ1n) is 8.84. The molecule has 0 saturated heterocycles. The molecule has 1 aliphatic rings. The van der Waals surface area contributed by atoms with Crippen molar-refractivity contribution in [3.63, 3.8) is 0 Å². The molecule has 7 heteroatoms. The molecule has 0 amide bonds. The van der Waals surface area contributed by atoms with Crippen LogP contribution in [-0.2, 0) is 4.74 Å². The summed E-state index contributed by atoms with van der Waals surface area (Å²) in [7, 11) is 0. The molecule has 1 aromatic heterocycles. The Bertz CT molecular complexity index is 688. The number of hydrogen-bond donors (Lipinski definition) is 0. The van der Waals surface area contributed by atoms with Crippen molar-refractivity contribution in [3.8, 4) is 0 Å². The van der Waals surface area contributed by atoms with E-state index in [1.165, 1.54) is 43.9 Å². The Morgan fingerprint density at radius 3 is 2.65 bits per heavy atom. The molecule has 3 nitrogen and oxygen atoms in total. The molecule has 1 heterocycles. The first-order valence-corrected chi connectivity index (χ1v) is 10.9. The second-order valence-corrected chi connectivity index (χ2v) is 9.16. The smallest absolute Gasteiger partial charge is 0.220 e. The number of benzene rings is 1. The molecular formula is C19H22Cl2N2OS2. The summed E-state index contributed by atoms with van der Waals surface area (Å²) in [6, 6.07) is 7.70. The number of ether oxygens (including phenoxy) is 1. The van der Waals surface area contributed by atoms with Crippen molar-refractivity contribution in [2.75, 3.05) is 6.61 Å². The Balaban J connectivity index is 1.66. The quantitative estimate of drug-likeness (QED) is 0.380. The highest BCUT2D eigenvalue weighted by atomic mass is 35.5. The molecule has 2 unspecified atom stereocenters. The van der Waals surface area contributed by atoms with Gasteiger partial charge in [0.05, 0.1) is 18.2 Å². The van der Waals surface area contributed by atoms with Crippen molar-refractivity contribution in [3.05, 3.63) is 53.6 Å². The predicted octanol–water partition coefficient (Wildman–Crippen LogP) is 6.63. The van der Waals surface area contributed by atoms with E-state index >= 15 is 0 Å². The van der Waals surface area contributed by atoms with Gasteiger partial charge >= 0.3 is 0 Å². The Hall–Kier alpha value is -0.750. The molecule has 0 bridgehead atoms. The molecule has 1 saturated carbocycles. The third-order valence-corrected chi connectivity index (χ3v) is 7.02. The van der Waals surface area contributed by atoms with Gasteiger partial charge in [0, 0.05) is 17.4 Å². The highest BCUT2D eigenvalue weighted by Crippen LogP contribution is 2.42. The molecule has 2 aromatic rings. The van der Waals surface area contributed by atoms with E-state index < -0.39 is 0 Å². The number of thioether (sulfide) groups is 1. The topological polar surface area (TPSA) is 27.1 Å². The number of aromatic nitrogens is 2. The maximum Gasteiger partial charge on any atom is 0.220 e. The van der Waals surface area contributed by atoms with Crippen LogP contribution in [0.3, 0.4) is 0 Å². The van der Waals surface area contributed by atoms with Crippen molar-refractivity contribution in [2.45, 2.75) is 42.9 Å². The number of hydrogen-bond acceptors (Lipinski definition) is 4. The summed E-state index contributed by atoms with van der Waals surface area (Å²) >= 11 is 19.8. The van der Waals surface area contributed by atoms with Crippen LogP contribution in [0.5, 0.6) is 0 Å². The molecule has 0 aliphatic heterocycles. The van der Waals surface area contributed by atoms with Gasteiger partial charge in [-0.3, -0.25) is 0 Å². The summed E-state index contributed by atoms with van der Waals surface area (Å²) in [6.07, 6.45) is 11.7. The predicted molar refractivity (Wildman–Crippen MR) is 114 cm³/mol. The minimum atomic E-state index is -0.333. The van der Waals surface area contributed by atoms with Crippen LogP contribution >= 0.6 is 47.2 Å². The summed E-state index contributed by atoms with van der Waals surface area (Å²) in [5, 5.41) is 0.601. The molecule has 0 radical (unpaired) electrons. The minimum absolute atomic E-state index is 0.0954. The lowest BCUT2D eigenvalue weighted by Crippen LogP contribution is -2.16. The van der Waals surface area contributed by atoms with Crippen molar-refractivity contribution < 1.29 is 4.74 Å². The van der Waals surface area contributed by atoms with E-state index in [1.54, 1.807) is 12.5 Å². The van der Waals surface area contributed by atoms with Crippen molar-refractivity contribution >= 4 is 51.6 Å². The molecule has 1 aromatic carbocycles. The molecule has 0 N–H and O–H groups in total. The van der Waals surface area contributed by atoms with Gasteiger partial charge in [0.15, 0.2) is 0 Å². The average molecular weight is 429 g/mol. The van der Waals surface area contributed by atoms with Crippen LogP contribution in [-0.4, -0.2) is 20.5 Å². The van der Waals surface area contributed by atoms with Gasteiger partial charge in [0.1, 0.15) is 5.50 Å². The zero-order valence-corrected chi connectivity index (χ0v) is 17.5. The second-order valence-electron chi connectivity index (χ2n) is 6.54. The summed E-state index contributed by atoms with van der Waals surface area (Å²) in [5.41, 5.74) is 0.719. The van der Waals surface area contributed by atoms with Crippen LogP contribution in [0.2, 0.25) is 5.02 Å². The van der Waals surface area contributed by atoms with Gasteiger partial charge in [-0.05, 0) is 48.7 Å². The van der Waals surface area contributed by atoms with Gasteiger partial charge in [-0.2, -0.15) is 0 Å². The Labute approximate surface area is 174 Å². The SMILES string of the molecule is S=C(OCC1CCCCC1)SC(c1ccc(Cl)cc1)C(Cl)n1ccnc1. The monoisotopic (exact) mass is 428 g/mol. The van der Waals surface area contributed by atoms with Crippen LogP contribution in [0, 0.1) is 5.92 Å². The van der Waals surface area contributed by atoms with Gasteiger partial charge in [0.25, 0.3) is 0 Å². The fourth-order valence-electron chi connectivity index (χ4n) is 3.18. The van der Waals surface area contributed by atoms with E-state index in [0.717, 1.165) is 5.56 Å². The Kier molecular flexibility index (Phi) is 7.67. The molecule has 1 aliphatic carbocycles. The number of thiocarbonyl (C=S) groups is 1. The van der Waals surface area contributed by atoms with Gasteiger partial charge in [-0.1, -0.05) is 66.4 Å². The van der Waals surface area contributed by atoms with Crippen molar-refractivity contribution in [2.24, 2.45) is 5.92 Å². The molecule has 140 valence electrons. The summed E-state index contributed by atoms with van der Waals surface area (Å²) in [5.74, 6) is 0.622. The van der Waals surface area contributed by atoms with E-state index in [4.69, 9.17) is 40.2 Å².